The molecule has 8 heteroatoms. The summed E-state index contributed by atoms with van der Waals surface area (Å²) in [5, 5.41) is 0.651. The van der Waals surface area contributed by atoms with Crippen molar-refractivity contribution in [3.05, 3.63) is 35.6 Å². The SMILES string of the molecule is CCOC(=O)c1oc2ccccc2c1COC(=O)CCN1C(=O)CCC1=O. The lowest BCUT2D eigenvalue weighted by molar-refractivity contribution is -0.146. The summed E-state index contributed by atoms with van der Waals surface area (Å²) in [7, 11) is 0. The Balaban J connectivity index is 1.67. The van der Waals surface area contributed by atoms with E-state index in [4.69, 9.17) is 13.9 Å². The molecule has 0 atom stereocenters. The minimum absolute atomic E-state index is 0.00394. The van der Waals surface area contributed by atoms with Crippen molar-refractivity contribution < 1.29 is 33.1 Å². The molecule has 0 spiro atoms. The summed E-state index contributed by atoms with van der Waals surface area (Å²) in [6, 6.07) is 7.00. The standard InChI is InChI=1S/C19H19NO7/c1-2-25-19(24)18-13(12-5-3-4-6-14(12)27-18)11-26-17(23)9-10-20-15(21)7-8-16(20)22/h3-6H,2,7-11H2,1H3. The number of furan rings is 1. The fourth-order valence-electron chi connectivity index (χ4n) is 2.90. The summed E-state index contributed by atoms with van der Waals surface area (Å²) < 4.78 is 15.8. The average Bonchev–Trinajstić information content (AvgIpc) is 3.18. The molecular weight excluding hydrogens is 354 g/mol. The van der Waals surface area contributed by atoms with Crippen LogP contribution in [-0.4, -0.2) is 41.8 Å². The molecule has 142 valence electrons. The van der Waals surface area contributed by atoms with Crippen LogP contribution in [0.2, 0.25) is 0 Å². The molecular formula is C19H19NO7. The van der Waals surface area contributed by atoms with E-state index in [1.807, 2.05) is 0 Å². The first-order valence-electron chi connectivity index (χ1n) is 8.67. The monoisotopic (exact) mass is 373 g/mol. The van der Waals surface area contributed by atoms with Crippen LogP contribution in [0, 0.1) is 0 Å². The van der Waals surface area contributed by atoms with E-state index in [0.29, 0.717) is 16.5 Å². The molecule has 1 saturated heterocycles. The predicted molar refractivity (Wildman–Crippen MR) is 92.5 cm³/mol. The van der Waals surface area contributed by atoms with Gasteiger partial charge in [-0.1, -0.05) is 18.2 Å². The van der Waals surface area contributed by atoms with Crippen LogP contribution in [-0.2, 0) is 30.5 Å². The van der Waals surface area contributed by atoms with E-state index in [1.54, 1.807) is 31.2 Å². The van der Waals surface area contributed by atoms with Crippen LogP contribution < -0.4 is 0 Å². The van der Waals surface area contributed by atoms with Crippen molar-refractivity contribution in [3.8, 4) is 0 Å². The molecule has 1 aromatic heterocycles. The molecule has 2 amide bonds. The van der Waals surface area contributed by atoms with Crippen molar-refractivity contribution in [3.63, 3.8) is 0 Å². The topological polar surface area (TPSA) is 103 Å². The number of carbonyl (C=O) groups is 4. The van der Waals surface area contributed by atoms with E-state index in [1.165, 1.54) is 0 Å². The maximum absolute atomic E-state index is 12.1. The van der Waals surface area contributed by atoms with Crippen molar-refractivity contribution in [1.29, 1.82) is 0 Å². The van der Waals surface area contributed by atoms with Crippen LogP contribution in [0.3, 0.4) is 0 Å². The maximum Gasteiger partial charge on any atom is 0.374 e. The second-order valence-electron chi connectivity index (χ2n) is 5.98. The van der Waals surface area contributed by atoms with Gasteiger partial charge < -0.3 is 13.9 Å². The van der Waals surface area contributed by atoms with Crippen molar-refractivity contribution in [1.82, 2.24) is 4.90 Å². The van der Waals surface area contributed by atoms with Crippen LogP contribution in [0.15, 0.2) is 28.7 Å². The quantitative estimate of drug-likeness (QED) is 0.541. The van der Waals surface area contributed by atoms with E-state index < -0.39 is 11.9 Å². The summed E-state index contributed by atoms with van der Waals surface area (Å²) in [6.45, 7) is 1.69. The summed E-state index contributed by atoms with van der Waals surface area (Å²) >= 11 is 0. The Morgan fingerprint density at radius 2 is 1.81 bits per heavy atom. The molecule has 0 radical (unpaired) electrons. The second-order valence-corrected chi connectivity index (χ2v) is 5.98. The Hall–Kier alpha value is -3.16. The smallest absolute Gasteiger partial charge is 0.374 e. The van der Waals surface area contributed by atoms with Crippen molar-refractivity contribution in [2.75, 3.05) is 13.2 Å². The number of hydrogen-bond donors (Lipinski definition) is 0. The van der Waals surface area contributed by atoms with E-state index in [9.17, 15) is 19.2 Å². The lowest BCUT2D eigenvalue weighted by Gasteiger charge is -2.13. The Labute approximate surface area is 155 Å². The zero-order chi connectivity index (χ0) is 19.4. The number of rotatable bonds is 7. The molecule has 1 aliphatic heterocycles. The molecule has 2 aromatic rings. The molecule has 0 N–H and O–H groups in total. The maximum atomic E-state index is 12.1. The highest BCUT2D eigenvalue weighted by Gasteiger charge is 2.29. The number of benzene rings is 1. The number of para-hydroxylation sites is 1. The van der Waals surface area contributed by atoms with E-state index >= 15 is 0 Å². The molecule has 0 unspecified atom stereocenters. The zero-order valence-electron chi connectivity index (χ0n) is 14.9. The van der Waals surface area contributed by atoms with E-state index in [0.717, 1.165) is 4.90 Å². The lowest BCUT2D eigenvalue weighted by atomic mass is 10.1. The number of esters is 2. The summed E-state index contributed by atoms with van der Waals surface area (Å²) in [4.78, 5) is 48.3. The van der Waals surface area contributed by atoms with Crippen LogP contribution in [0.4, 0.5) is 0 Å². The van der Waals surface area contributed by atoms with Crippen molar-refractivity contribution in [2.24, 2.45) is 0 Å². The highest BCUT2D eigenvalue weighted by atomic mass is 16.5. The van der Waals surface area contributed by atoms with E-state index in [2.05, 4.69) is 0 Å². The Morgan fingerprint density at radius 1 is 1.11 bits per heavy atom. The van der Waals surface area contributed by atoms with Gasteiger partial charge in [0.15, 0.2) is 0 Å². The summed E-state index contributed by atoms with van der Waals surface area (Å²) in [5.41, 5.74) is 0.908. The third kappa shape index (κ3) is 3.99. The summed E-state index contributed by atoms with van der Waals surface area (Å²) in [5.74, 6) is -1.78. The lowest BCUT2D eigenvalue weighted by Crippen LogP contribution is -2.31. The number of fused-ring (bicyclic) bond motifs is 1. The molecule has 8 nitrogen and oxygen atoms in total. The number of likely N-dealkylation sites (tertiary alicyclic amines) is 1. The molecule has 2 heterocycles. The zero-order valence-corrected chi connectivity index (χ0v) is 14.9. The largest absolute Gasteiger partial charge is 0.461 e. The van der Waals surface area contributed by atoms with Gasteiger partial charge in [-0.15, -0.1) is 0 Å². The summed E-state index contributed by atoms with van der Waals surface area (Å²) in [6.07, 6.45) is 0.248. The molecule has 1 aromatic carbocycles. The molecule has 0 aliphatic carbocycles. The number of amides is 2. The molecule has 27 heavy (non-hydrogen) atoms. The minimum Gasteiger partial charge on any atom is -0.461 e. The highest BCUT2D eigenvalue weighted by Crippen LogP contribution is 2.27. The van der Waals surface area contributed by atoms with E-state index in [-0.39, 0.29) is 56.6 Å². The normalized spacial score (nSPS) is 14.0. The van der Waals surface area contributed by atoms with Gasteiger partial charge in [-0.3, -0.25) is 19.3 Å². The molecule has 0 saturated carbocycles. The average molecular weight is 373 g/mol. The Bertz CT molecular complexity index is 883. The van der Waals surface area contributed by atoms with Gasteiger partial charge in [0.1, 0.15) is 12.2 Å². The molecule has 0 bridgehead atoms. The van der Waals surface area contributed by atoms with Gasteiger partial charge in [0, 0.05) is 24.8 Å². The Kier molecular flexibility index (Phi) is 5.54. The van der Waals surface area contributed by atoms with Crippen LogP contribution >= 0.6 is 0 Å². The fourth-order valence-corrected chi connectivity index (χ4v) is 2.90. The molecule has 1 aliphatic rings. The first kappa shape index (κ1) is 18.6. The highest BCUT2D eigenvalue weighted by molar-refractivity contribution is 6.02. The van der Waals surface area contributed by atoms with Gasteiger partial charge in [0.25, 0.3) is 0 Å². The third-order valence-corrected chi connectivity index (χ3v) is 4.23. The first-order valence-corrected chi connectivity index (χ1v) is 8.67. The minimum atomic E-state index is -0.631. The number of nitrogens with zero attached hydrogens (tertiary/aromatic N) is 1. The van der Waals surface area contributed by atoms with Crippen LogP contribution in [0.5, 0.6) is 0 Å². The van der Waals surface area contributed by atoms with Gasteiger partial charge in [-0.25, -0.2) is 4.79 Å². The van der Waals surface area contributed by atoms with Gasteiger partial charge in [-0.05, 0) is 13.0 Å². The number of ether oxygens (including phenoxy) is 2. The van der Waals surface area contributed by atoms with Crippen molar-refractivity contribution >= 4 is 34.7 Å². The first-order chi connectivity index (χ1) is 13.0. The molecule has 3 rings (SSSR count). The Morgan fingerprint density at radius 3 is 2.52 bits per heavy atom. The number of hydrogen-bond acceptors (Lipinski definition) is 7. The second kappa shape index (κ2) is 8.03. The van der Waals surface area contributed by atoms with Gasteiger partial charge in [-0.2, -0.15) is 0 Å². The van der Waals surface area contributed by atoms with Crippen LogP contribution in [0.25, 0.3) is 11.0 Å². The van der Waals surface area contributed by atoms with Crippen molar-refractivity contribution in [2.45, 2.75) is 32.8 Å². The third-order valence-electron chi connectivity index (χ3n) is 4.23. The van der Waals surface area contributed by atoms with Gasteiger partial charge in [0.05, 0.1) is 18.6 Å². The van der Waals surface area contributed by atoms with Gasteiger partial charge >= 0.3 is 11.9 Å². The fraction of sp³-hybridized carbons (Fsp3) is 0.368. The van der Waals surface area contributed by atoms with Crippen LogP contribution in [0.1, 0.15) is 42.3 Å². The predicted octanol–water partition coefficient (Wildman–Crippen LogP) is 2.19. The molecule has 1 fully saturated rings. The van der Waals surface area contributed by atoms with Gasteiger partial charge in [0.2, 0.25) is 17.6 Å². The number of carbonyl (C=O) groups excluding carboxylic acids is 4. The number of imide groups is 1.